The van der Waals surface area contributed by atoms with Crippen LogP contribution in [0.3, 0.4) is 0 Å². The summed E-state index contributed by atoms with van der Waals surface area (Å²) >= 11 is 0. The monoisotopic (exact) mass is 323 g/mol. The number of benzene rings is 2. The van der Waals surface area contributed by atoms with Gasteiger partial charge in [-0.25, -0.2) is 0 Å². The number of ether oxygens (including phenoxy) is 2. The second kappa shape index (κ2) is 6.48. The summed E-state index contributed by atoms with van der Waals surface area (Å²) in [4.78, 5) is 11.8. The lowest BCUT2D eigenvalue weighted by Gasteiger charge is -2.32. The van der Waals surface area contributed by atoms with Crippen molar-refractivity contribution in [1.82, 2.24) is 5.32 Å². The Kier molecular flexibility index (Phi) is 4.19. The van der Waals surface area contributed by atoms with Crippen molar-refractivity contribution in [2.75, 3.05) is 13.2 Å². The van der Waals surface area contributed by atoms with E-state index in [2.05, 4.69) is 5.32 Å². The fraction of sp³-hybridized carbons (Fsp3) is 0.350. The van der Waals surface area contributed by atoms with Crippen LogP contribution in [0.2, 0.25) is 0 Å². The first-order chi connectivity index (χ1) is 11.8. The highest BCUT2D eigenvalue weighted by molar-refractivity contribution is 5.80. The third kappa shape index (κ3) is 2.77. The first kappa shape index (κ1) is 15.5. The molecule has 0 saturated carbocycles. The summed E-state index contributed by atoms with van der Waals surface area (Å²) in [7, 11) is 0. The molecule has 4 rings (SSSR count). The second-order valence-corrected chi connectivity index (χ2v) is 6.37. The van der Waals surface area contributed by atoms with Gasteiger partial charge in [0, 0.05) is 36.6 Å². The van der Waals surface area contributed by atoms with Crippen molar-refractivity contribution >= 4 is 5.78 Å². The van der Waals surface area contributed by atoms with Crippen LogP contribution in [0, 0.1) is 0 Å². The number of ketones is 1. The van der Waals surface area contributed by atoms with Crippen LogP contribution < -0.4 is 5.32 Å². The van der Waals surface area contributed by atoms with E-state index in [9.17, 15) is 4.79 Å². The molecular formula is C20H21NO3. The van der Waals surface area contributed by atoms with Gasteiger partial charge in [0.2, 0.25) is 5.79 Å². The molecule has 0 radical (unpaired) electrons. The van der Waals surface area contributed by atoms with Gasteiger partial charge in [0.25, 0.3) is 0 Å². The maximum atomic E-state index is 11.8. The fourth-order valence-electron chi connectivity index (χ4n) is 3.54. The number of rotatable bonds is 3. The van der Waals surface area contributed by atoms with E-state index >= 15 is 0 Å². The molecule has 0 spiro atoms. The minimum atomic E-state index is -0.907. The Morgan fingerprint density at radius 3 is 2.17 bits per heavy atom. The maximum absolute atomic E-state index is 11.8. The zero-order valence-electron chi connectivity index (χ0n) is 13.5. The van der Waals surface area contributed by atoms with Crippen molar-refractivity contribution in [3.05, 3.63) is 71.8 Å². The molecule has 2 aromatic carbocycles. The molecule has 1 N–H and O–H groups in total. The highest BCUT2D eigenvalue weighted by atomic mass is 16.7. The predicted molar refractivity (Wildman–Crippen MR) is 90.5 cm³/mol. The largest absolute Gasteiger partial charge is 0.339 e. The van der Waals surface area contributed by atoms with Crippen molar-refractivity contribution in [2.45, 2.75) is 30.8 Å². The molecule has 2 saturated heterocycles. The Balaban J connectivity index is 1.67. The van der Waals surface area contributed by atoms with Gasteiger partial charge in [0.1, 0.15) is 11.9 Å². The minimum Gasteiger partial charge on any atom is -0.339 e. The zero-order chi connectivity index (χ0) is 16.4. The summed E-state index contributed by atoms with van der Waals surface area (Å²) in [5, 5.41) is 3.41. The van der Waals surface area contributed by atoms with Crippen LogP contribution in [0.1, 0.15) is 24.0 Å². The van der Waals surface area contributed by atoms with Crippen molar-refractivity contribution in [1.29, 1.82) is 0 Å². The molecule has 2 fully saturated rings. The molecule has 24 heavy (non-hydrogen) atoms. The topological polar surface area (TPSA) is 47.6 Å². The number of Topliss-reactive ketones (excluding diaryl/α,β-unsaturated/α-hetero) is 1. The van der Waals surface area contributed by atoms with Crippen molar-refractivity contribution in [2.24, 2.45) is 0 Å². The van der Waals surface area contributed by atoms with Gasteiger partial charge < -0.3 is 14.8 Å². The normalized spacial score (nSPS) is 26.4. The van der Waals surface area contributed by atoms with Gasteiger partial charge in [0.05, 0.1) is 6.61 Å². The van der Waals surface area contributed by atoms with E-state index in [1.807, 2.05) is 60.7 Å². The molecular weight excluding hydrogens is 302 g/mol. The van der Waals surface area contributed by atoms with Crippen LogP contribution >= 0.6 is 0 Å². The van der Waals surface area contributed by atoms with Gasteiger partial charge in [0.15, 0.2) is 0 Å². The second-order valence-electron chi connectivity index (χ2n) is 6.37. The first-order valence-electron chi connectivity index (χ1n) is 8.46. The van der Waals surface area contributed by atoms with Crippen LogP contribution in [0.25, 0.3) is 0 Å². The molecule has 0 unspecified atom stereocenters. The van der Waals surface area contributed by atoms with Crippen LogP contribution in [0.5, 0.6) is 0 Å². The molecule has 0 amide bonds. The molecule has 0 aromatic heterocycles. The Hall–Kier alpha value is -2.01. The van der Waals surface area contributed by atoms with E-state index in [0.29, 0.717) is 31.8 Å². The summed E-state index contributed by atoms with van der Waals surface area (Å²) in [6.45, 7) is 1.18. The van der Waals surface area contributed by atoms with E-state index in [4.69, 9.17) is 9.47 Å². The van der Waals surface area contributed by atoms with Gasteiger partial charge >= 0.3 is 0 Å². The summed E-state index contributed by atoms with van der Waals surface area (Å²) < 4.78 is 12.7. The van der Waals surface area contributed by atoms with Gasteiger partial charge in [-0.2, -0.15) is 0 Å². The number of hydrogen-bond acceptors (Lipinski definition) is 4. The predicted octanol–water partition coefficient (Wildman–Crippen LogP) is 2.62. The van der Waals surface area contributed by atoms with Crippen molar-refractivity contribution in [3.63, 3.8) is 0 Å². The first-order valence-corrected chi connectivity index (χ1v) is 8.46. The highest BCUT2D eigenvalue weighted by Gasteiger charge is 2.47. The molecule has 2 aliphatic heterocycles. The smallest absolute Gasteiger partial charge is 0.222 e. The van der Waals surface area contributed by atoms with Crippen LogP contribution in [0.4, 0.5) is 0 Å². The van der Waals surface area contributed by atoms with Crippen molar-refractivity contribution in [3.8, 4) is 0 Å². The number of hydrogen-bond donors (Lipinski definition) is 1. The van der Waals surface area contributed by atoms with Gasteiger partial charge in [-0.05, 0) is 0 Å². The summed E-state index contributed by atoms with van der Waals surface area (Å²) in [6.07, 6.45) is 0.968. The van der Waals surface area contributed by atoms with E-state index in [1.165, 1.54) is 0 Å². The Labute approximate surface area is 141 Å². The number of nitrogens with one attached hydrogen (secondary N) is 1. The average molecular weight is 323 g/mol. The lowest BCUT2D eigenvalue weighted by atomic mass is 9.96. The van der Waals surface area contributed by atoms with Crippen LogP contribution in [-0.2, 0) is 20.1 Å². The lowest BCUT2D eigenvalue weighted by molar-refractivity contribution is -0.148. The molecule has 2 heterocycles. The average Bonchev–Trinajstić information content (AvgIpc) is 3.10. The summed E-state index contributed by atoms with van der Waals surface area (Å²) in [6, 6.07) is 20.0. The summed E-state index contributed by atoms with van der Waals surface area (Å²) in [5.74, 6) is -0.616. The molecule has 2 aromatic rings. The Morgan fingerprint density at radius 2 is 1.58 bits per heavy atom. The quantitative estimate of drug-likeness (QED) is 0.943. The number of carbonyl (C=O) groups is 1. The molecule has 4 nitrogen and oxygen atoms in total. The molecule has 2 atom stereocenters. The number of carbonyl (C=O) groups excluding carboxylic acids is 1. The molecule has 2 aliphatic rings. The van der Waals surface area contributed by atoms with E-state index in [0.717, 1.165) is 11.1 Å². The van der Waals surface area contributed by atoms with E-state index in [1.54, 1.807) is 0 Å². The molecule has 124 valence electrons. The van der Waals surface area contributed by atoms with E-state index in [-0.39, 0.29) is 12.1 Å². The minimum absolute atomic E-state index is 0.0144. The van der Waals surface area contributed by atoms with E-state index < -0.39 is 5.79 Å². The van der Waals surface area contributed by atoms with Crippen LogP contribution in [-0.4, -0.2) is 31.1 Å². The summed E-state index contributed by atoms with van der Waals surface area (Å²) in [5.41, 5.74) is 1.95. The van der Waals surface area contributed by atoms with Gasteiger partial charge in [-0.15, -0.1) is 0 Å². The lowest BCUT2D eigenvalue weighted by Crippen LogP contribution is -2.47. The van der Waals surface area contributed by atoms with Gasteiger partial charge in [-0.3, -0.25) is 4.79 Å². The maximum Gasteiger partial charge on any atom is 0.222 e. The highest BCUT2D eigenvalue weighted by Crippen LogP contribution is 2.41. The molecule has 0 aliphatic carbocycles. The third-order valence-electron chi connectivity index (χ3n) is 4.78. The standard InChI is InChI=1S/C20H21NO3/c22-17-11-12-21-18(13-17)19-14-23-20(24-19,15-7-3-1-4-8-15)16-9-5-2-6-10-16/h1-10,18-19,21H,11-14H2/t18-,19-/m0/s1. The Morgan fingerprint density at radius 1 is 0.958 bits per heavy atom. The van der Waals surface area contributed by atoms with Crippen LogP contribution in [0.15, 0.2) is 60.7 Å². The molecule has 4 heteroatoms. The SMILES string of the molecule is O=C1CCN[C@H]([C@@H]2COC(c3ccccc3)(c3ccccc3)O2)C1. The Bertz CT molecular complexity index is 662. The van der Waals surface area contributed by atoms with Gasteiger partial charge in [-0.1, -0.05) is 60.7 Å². The fourth-order valence-corrected chi connectivity index (χ4v) is 3.54. The third-order valence-corrected chi connectivity index (χ3v) is 4.78. The van der Waals surface area contributed by atoms with Crippen molar-refractivity contribution < 1.29 is 14.3 Å². The zero-order valence-corrected chi connectivity index (χ0v) is 13.5. The molecule has 0 bridgehead atoms. The number of piperidine rings is 1.